The molecule has 1 fully saturated rings. The quantitative estimate of drug-likeness (QED) is 0.852. The number of aromatic amines is 1. The summed E-state index contributed by atoms with van der Waals surface area (Å²) in [4.78, 5) is 2.91. The molecule has 2 rings (SSSR count). The van der Waals surface area contributed by atoms with Crippen molar-refractivity contribution in [3.05, 3.63) is 24.0 Å². The lowest BCUT2D eigenvalue weighted by Gasteiger charge is -2.32. The van der Waals surface area contributed by atoms with Crippen molar-refractivity contribution in [1.29, 1.82) is 0 Å². The predicted molar refractivity (Wildman–Crippen MR) is 66.6 cm³/mol. The van der Waals surface area contributed by atoms with Crippen LogP contribution in [-0.2, 0) is 16.8 Å². The van der Waals surface area contributed by atoms with Crippen LogP contribution in [0, 0.1) is 0 Å². The minimum absolute atomic E-state index is 0.104. The standard InChI is InChI=1S/C11H19N3O2S/c1-10-4-2-3-7-14(10)17(15,16)13-9-11-5-6-12-8-11/h5-6,8,10,12-13H,2-4,7,9H2,1H3. The summed E-state index contributed by atoms with van der Waals surface area (Å²) in [6.45, 7) is 2.94. The van der Waals surface area contributed by atoms with Crippen molar-refractivity contribution in [3.8, 4) is 0 Å². The molecule has 0 spiro atoms. The largest absolute Gasteiger partial charge is 0.367 e. The molecule has 0 amide bonds. The third-order valence-electron chi connectivity index (χ3n) is 3.17. The summed E-state index contributed by atoms with van der Waals surface area (Å²) in [5, 5.41) is 0. The Morgan fingerprint density at radius 2 is 2.35 bits per heavy atom. The number of nitrogens with one attached hydrogen (secondary N) is 2. The lowest BCUT2D eigenvalue weighted by atomic mass is 10.1. The predicted octanol–water partition coefficient (Wildman–Crippen LogP) is 1.22. The number of H-pyrrole nitrogens is 1. The van der Waals surface area contributed by atoms with Crippen LogP contribution >= 0.6 is 0 Å². The van der Waals surface area contributed by atoms with E-state index >= 15 is 0 Å². The molecule has 1 saturated heterocycles. The zero-order valence-electron chi connectivity index (χ0n) is 10.0. The van der Waals surface area contributed by atoms with Crippen molar-refractivity contribution in [2.24, 2.45) is 0 Å². The summed E-state index contributed by atoms with van der Waals surface area (Å²) in [5.74, 6) is 0. The normalized spacial score (nSPS) is 22.8. The van der Waals surface area contributed by atoms with Gasteiger partial charge in [-0.25, -0.2) is 0 Å². The summed E-state index contributed by atoms with van der Waals surface area (Å²) in [7, 11) is -3.34. The minimum Gasteiger partial charge on any atom is -0.367 e. The van der Waals surface area contributed by atoms with E-state index in [4.69, 9.17) is 0 Å². The lowest BCUT2D eigenvalue weighted by Crippen LogP contribution is -2.47. The van der Waals surface area contributed by atoms with Crippen molar-refractivity contribution < 1.29 is 8.42 Å². The van der Waals surface area contributed by atoms with E-state index in [1.165, 1.54) is 0 Å². The van der Waals surface area contributed by atoms with Gasteiger partial charge in [-0.15, -0.1) is 0 Å². The second-order valence-electron chi connectivity index (χ2n) is 4.50. The highest BCUT2D eigenvalue weighted by molar-refractivity contribution is 7.87. The monoisotopic (exact) mass is 257 g/mol. The van der Waals surface area contributed by atoms with Gasteiger partial charge in [0.1, 0.15) is 0 Å². The van der Waals surface area contributed by atoms with Gasteiger partial charge in [0.25, 0.3) is 10.2 Å². The topological polar surface area (TPSA) is 65.2 Å². The molecule has 96 valence electrons. The molecule has 1 aromatic heterocycles. The first kappa shape index (κ1) is 12.6. The number of hydrogen-bond donors (Lipinski definition) is 2. The Hall–Kier alpha value is -0.850. The number of hydrogen-bond acceptors (Lipinski definition) is 2. The molecule has 0 radical (unpaired) electrons. The zero-order valence-corrected chi connectivity index (χ0v) is 10.8. The van der Waals surface area contributed by atoms with Crippen LogP contribution in [0.4, 0.5) is 0 Å². The van der Waals surface area contributed by atoms with Gasteiger partial charge in [0.2, 0.25) is 0 Å². The number of aromatic nitrogens is 1. The maximum absolute atomic E-state index is 12.1. The molecule has 2 N–H and O–H groups in total. The van der Waals surface area contributed by atoms with Gasteiger partial charge >= 0.3 is 0 Å². The summed E-state index contributed by atoms with van der Waals surface area (Å²) in [5.41, 5.74) is 0.943. The second kappa shape index (κ2) is 5.20. The third kappa shape index (κ3) is 3.08. The number of rotatable bonds is 4. The fourth-order valence-corrected chi connectivity index (χ4v) is 3.62. The van der Waals surface area contributed by atoms with E-state index in [2.05, 4.69) is 9.71 Å². The van der Waals surface area contributed by atoms with Crippen LogP contribution < -0.4 is 4.72 Å². The zero-order chi connectivity index (χ0) is 12.3. The molecule has 5 nitrogen and oxygen atoms in total. The average molecular weight is 257 g/mol. The molecule has 1 aliphatic rings. The van der Waals surface area contributed by atoms with Crippen LogP contribution in [-0.4, -0.2) is 30.3 Å². The van der Waals surface area contributed by atoms with Gasteiger partial charge < -0.3 is 4.98 Å². The van der Waals surface area contributed by atoms with Crippen molar-refractivity contribution in [1.82, 2.24) is 14.0 Å². The van der Waals surface area contributed by atoms with Crippen LogP contribution in [0.1, 0.15) is 31.7 Å². The Balaban J connectivity index is 1.98. The van der Waals surface area contributed by atoms with Gasteiger partial charge in [-0.2, -0.15) is 17.4 Å². The molecule has 2 heterocycles. The SMILES string of the molecule is CC1CCCCN1S(=O)(=O)NCc1cc[nH]c1. The van der Waals surface area contributed by atoms with Gasteiger partial charge in [-0.1, -0.05) is 6.42 Å². The van der Waals surface area contributed by atoms with E-state index in [0.29, 0.717) is 13.1 Å². The van der Waals surface area contributed by atoms with Crippen LogP contribution in [0.2, 0.25) is 0 Å². The fourth-order valence-electron chi connectivity index (χ4n) is 2.15. The third-order valence-corrected chi connectivity index (χ3v) is 4.84. The maximum atomic E-state index is 12.1. The Kier molecular flexibility index (Phi) is 3.86. The first-order valence-electron chi connectivity index (χ1n) is 5.98. The van der Waals surface area contributed by atoms with Gasteiger partial charge in [0.15, 0.2) is 0 Å². The first-order chi connectivity index (χ1) is 8.09. The highest BCUT2D eigenvalue weighted by atomic mass is 32.2. The molecule has 0 aliphatic carbocycles. The molecular formula is C11H19N3O2S. The van der Waals surface area contributed by atoms with Gasteiger partial charge in [0, 0.05) is 31.5 Å². The summed E-state index contributed by atoms with van der Waals surface area (Å²) in [6.07, 6.45) is 6.60. The fraction of sp³-hybridized carbons (Fsp3) is 0.636. The molecular weight excluding hydrogens is 238 g/mol. The molecule has 0 saturated carbocycles. The van der Waals surface area contributed by atoms with E-state index in [0.717, 1.165) is 24.8 Å². The molecule has 0 bridgehead atoms. The van der Waals surface area contributed by atoms with E-state index < -0.39 is 10.2 Å². The Labute approximate surface area is 102 Å². The Morgan fingerprint density at radius 3 is 3.00 bits per heavy atom. The van der Waals surface area contributed by atoms with Crippen molar-refractivity contribution in [2.45, 2.75) is 38.8 Å². The number of nitrogens with zero attached hydrogens (tertiary/aromatic N) is 1. The molecule has 6 heteroatoms. The molecule has 1 aromatic rings. The van der Waals surface area contributed by atoms with Gasteiger partial charge in [-0.3, -0.25) is 0 Å². The van der Waals surface area contributed by atoms with Crippen molar-refractivity contribution in [3.63, 3.8) is 0 Å². The van der Waals surface area contributed by atoms with Gasteiger partial charge in [0.05, 0.1) is 0 Å². The van der Waals surface area contributed by atoms with Gasteiger partial charge in [-0.05, 0) is 31.4 Å². The van der Waals surface area contributed by atoms with Crippen LogP contribution in [0.3, 0.4) is 0 Å². The average Bonchev–Trinajstić information content (AvgIpc) is 2.80. The highest BCUT2D eigenvalue weighted by Crippen LogP contribution is 2.19. The number of piperidine rings is 1. The highest BCUT2D eigenvalue weighted by Gasteiger charge is 2.28. The lowest BCUT2D eigenvalue weighted by molar-refractivity contribution is 0.265. The summed E-state index contributed by atoms with van der Waals surface area (Å²) in [6, 6.07) is 1.97. The van der Waals surface area contributed by atoms with Crippen LogP contribution in [0.25, 0.3) is 0 Å². The summed E-state index contributed by atoms with van der Waals surface area (Å²) < 4.78 is 28.4. The molecule has 1 aliphatic heterocycles. The molecule has 17 heavy (non-hydrogen) atoms. The van der Waals surface area contributed by atoms with Crippen LogP contribution in [0.5, 0.6) is 0 Å². The van der Waals surface area contributed by atoms with Crippen molar-refractivity contribution >= 4 is 10.2 Å². The van der Waals surface area contributed by atoms with Crippen molar-refractivity contribution in [2.75, 3.05) is 6.54 Å². The molecule has 1 atom stereocenters. The Morgan fingerprint density at radius 1 is 1.53 bits per heavy atom. The molecule has 0 aromatic carbocycles. The van der Waals surface area contributed by atoms with E-state index in [1.807, 2.05) is 13.0 Å². The minimum atomic E-state index is -3.34. The maximum Gasteiger partial charge on any atom is 0.279 e. The Bertz CT molecular complexity index is 441. The van der Waals surface area contributed by atoms with E-state index in [9.17, 15) is 8.42 Å². The summed E-state index contributed by atoms with van der Waals surface area (Å²) >= 11 is 0. The smallest absolute Gasteiger partial charge is 0.279 e. The van der Waals surface area contributed by atoms with E-state index in [-0.39, 0.29) is 6.04 Å². The molecule has 1 unspecified atom stereocenters. The van der Waals surface area contributed by atoms with Crippen LogP contribution in [0.15, 0.2) is 18.5 Å². The first-order valence-corrected chi connectivity index (χ1v) is 7.42. The van der Waals surface area contributed by atoms with E-state index in [1.54, 1.807) is 16.7 Å². The second-order valence-corrected chi connectivity index (χ2v) is 6.21.